The van der Waals surface area contributed by atoms with Crippen LogP contribution in [0.3, 0.4) is 0 Å². The maximum Gasteiger partial charge on any atom is 0.310 e. The maximum atomic E-state index is 12.0. The third kappa shape index (κ3) is 5.22. The summed E-state index contributed by atoms with van der Waals surface area (Å²) in [4.78, 5) is 12.0. The molecule has 0 bridgehead atoms. The van der Waals surface area contributed by atoms with Crippen molar-refractivity contribution < 1.29 is 22.7 Å². The minimum atomic E-state index is -2.93. The average Bonchev–Trinajstić information content (AvgIpc) is 3.36. The predicted molar refractivity (Wildman–Crippen MR) is 100 cm³/mol. The quantitative estimate of drug-likeness (QED) is 0.709. The highest BCUT2D eigenvalue weighted by Gasteiger charge is 2.36. The lowest BCUT2D eigenvalue weighted by Crippen LogP contribution is -2.27. The Labute approximate surface area is 156 Å². The van der Waals surface area contributed by atoms with Crippen molar-refractivity contribution in [1.29, 1.82) is 0 Å². The zero-order valence-corrected chi connectivity index (χ0v) is 16.6. The molecule has 0 spiro atoms. The molecule has 1 aliphatic heterocycles. The highest BCUT2D eigenvalue weighted by atomic mass is 32.2. The molecule has 5 nitrogen and oxygen atoms in total. The molecule has 3 rings (SSSR count). The van der Waals surface area contributed by atoms with Crippen LogP contribution < -0.4 is 4.74 Å². The van der Waals surface area contributed by atoms with Gasteiger partial charge in [0.2, 0.25) is 0 Å². The predicted octanol–water partition coefficient (Wildman–Crippen LogP) is 3.23. The molecule has 144 valence electrons. The molecule has 0 aromatic heterocycles. The molecule has 0 unspecified atom stereocenters. The monoisotopic (exact) mass is 380 g/mol. The van der Waals surface area contributed by atoms with E-state index >= 15 is 0 Å². The molecule has 26 heavy (non-hydrogen) atoms. The van der Waals surface area contributed by atoms with Gasteiger partial charge >= 0.3 is 5.97 Å². The smallest absolute Gasteiger partial charge is 0.310 e. The molecule has 1 saturated carbocycles. The van der Waals surface area contributed by atoms with Gasteiger partial charge in [-0.3, -0.25) is 4.79 Å². The summed E-state index contributed by atoms with van der Waals surface area (Å²) in [5, 5.41) is -0.103. The van der Waals surface area contributed by atoms with Crippen molar-refractivity contribution in [3.8, 4) is 5.75 Å². The topological polar surface area (TPSA) is 69.7 Å². The molecule has 1 fully saturated rings. The van der Waals surface area contributed by atoms with Gasteiger partial charge < -0.3 is 9.47 Å². The Bertz CT molecular complexity index is 772. The number of sulfone groups is 1. The van der Waals surface area contributed by atoms with Gasteiger partial charge in [0, 0.05) is 0 Å². The van der Waals surface area contributed by atoms with E-state index in [0.29, 0.717) is 6.42 Å². The Hall–Kier alpha value is -1.56. The van der Waals surface area contributed by atoms with Crippen molar-refractivity contribution in [3.63, 3.8) is 0 Å². The second kappa shape index (κ2) is 7.22. The highest BCUT2D eigenvalue weighted by Crippen LogP contribution is 2.32. The summed E-state index contributed by atoms with van der Waals surface area (Å²) in [6.45, 7) is 5.57. The summed E-state index contributed by atoms with van der Waals surface area (Å²) >= 11 is 0. The molecule has 6 heteroatoms. The van der Waals surface area contributed by atoms with Gasteiger partial charge in [-0.1, -0.05) is 12.1 Å². The van der Waals surface area contributed by atoms with Gasteiger partial charge in [-0.05, 0) is 70.1 Å². The van der Waals surface area contributed by atoms with Crippen LogP contribution in [0.4, 0.5) is 0 Å². The Morgan fingerprint density at radius 2 is 1.96 bits per heavy atom. The fraction of sp³-hybridized carbons (Fsp3) is 0.650. The maximum absolute atomic E-state index is 12.0. The molecule has 0 amide bonds. The number of aryl methyl sites for hydroxylation is 1. The van der Waals surface area contributed by atoms with Gasteiger partial charge in [-0.15, -0.1) is 0 Å². The standard InChI is InChI=1S/C20H28O5S/c1-20(2,3)25-19(21)13-14-4-9-18-15(12-14)5-6-16(24-18)10-11-26(22,23)17-7-8-17/h4,9,12,16-17H,5-8,10-11,13H2,1-3H3/t16-/m1/s1. The van der Waals surface area contributed by atoms with Crippen LogP contribution in [0.25, 0.3) is 0 Å². The Kier molecular flexibility index (Phi) is 5.33. The Morgan fingerprint density at radius 1 is 1.23 bits per heavy atom. The van der Waals surface area contributed by atoms with Crippen LogP contribution in [0.1, 0.15) is 57.6 Å². The molecule has 0 N–H and O–H groups in total. The van der Waals surface area contributed by atoms with E-state index in [2.05, 4.69) is 0 Å². The number of fused-ring (bicyclic) bond motifs is 1. The van der Waals surface area contributed by atoms with Crippen molar-refractivity contribution >= 4 is 15.8 Å². The molecule has 0 saturated heterocycles. The van der Waals surface area contributed by atoms with Gasteiger partial charge in [-0.2, -0.15) is 0 Å². The van der Waals surface area contributed by atoms with Crippen molar-refractivity contribution in [1.82, 2.24) is 0 Å². The van der Waals surface area contributed by atoms with E-state index in [4.69, 9.17) is 9.47 Å². The summed E-state index contributed by atoms with van der Waals surface area (Å²) in [7, 11) is -2.93. The lowest BCUT2D eigenvalue weighted by Gasteiger charge is -2.26. The lowest BCUT2D eigenvalue weighted by molar-refractivity contribution is -0.153. The van der Waals surface area contributed by atoms with Crippen LogP contribution in [0.2, 0.25) is 0 Å². The van der Waals surface area contributed by atoms with Gasteiger partial charge in [-0.25, -0.2) is 8.42 Å². The third-order valence-electron chi connectivity index (χ3n) is 4.68. The molecule has 1 atom stereocenters. The van der Waals surface area contributed by atoms with Crippen LogP contribution in [0.15, 0.2) is 18.2 Å². The zero-order chi connectivity index (χ0) is 18.9. The Balaban J connectivity index is 1.56. The Morgan fingerprint density at radius 3 is 2.62 bits per heavy atom. The van der Waals surface area contributed by atoms with E-state index < -0.39 is 15.4 Å². The van der Waals surface area contributed by atoms with Crippen molar-refractivity contribution in [3.05, 3.63) is 29.3 Å². The van der Waals surface area contributed by atoms with Gasteiger partial charge in [0.25, 0.3) is 0 Å². The highest BCUT2D eigenvalue weighted by molar-refractivity contribution is 7.92. The van der Waals surface area contributed by atoms with Crippen molar-refractivity contribution in [2.24, 2.45) is 0 Å². The summed E-state index contributed by atoms with van der Waals surface area (Å²) < 4.78 is 35.4. The number of rotatable bonds is 6. The van der Waals surface area contributed by atoms with E-state index in [1.165, 1.54) is 0 Å². The van der Waals surface area contributed by atoms with Gasteiger partial charge in [0.1, 0.15) is 17.5 Å². The molecule has 1 aliphatic carbocycles. The first-order chi connectivity index (χ1) is 12.1. The molecule has 0 radical (unpaired) electrons. The fourth-order valence-corrected chi connectivity index (χ4v) is 5.02. The number of benzene rings is 1. The third-order valence-corrected chi connectivity index (χ3v) is 6.97. The fourth-order valence-electron chi connectivity index (χ4n) is 3.25. The second-order valence-corrected chi connectivity index (χ2v) is 10.7. The van der Waals surface area contributed by atoms with Crippen LogP contribution >= 0.6 is 0 Å². The van der Waals surface area contributed by atoms with Gasteiger partial charge in [0.05, 0.1) is 17.4 Å². The van der Waals surface area contributed by atoms with E-state index in [1.807, 2.05) is 39.0 Å². The molecule has 2 aliphatic rings. The van der Waals surface area contributed by atoms with Crippen LogP contribution in [0.5, 0.6) is 5.75 Å². The molecular formula is C20H28O5S. The van der Waals surface area contributed by atoms with Crippen LogP contribution in [-0.2, 0) is 32.2 Å². The van der Waals surface area contributed by atoms with Crippen molar-refractivity contribution in [2.75, 3.05) is 5.75 Å². The number of hydrogen-bond donors (Lipinski definition) is 0. The number of hydrogen-bond acceptors (Lipinski definition) is 5. The number of ether oxygens (including phenoxy) is 2. The SMILES string of the molecule is CC(C)(C)OC(=O)Cc1ccc2c(c1)CC[C@H](CCS(=O)(=O)C1CC1)O2. The van der Waals surface area contributed by atoms with E-state index in [9.17, 15) is 13.2 Å². The largest absolute Gasteiger partial charge is 0.490 e. The number of esters is 1. The normalized spacial score (nSPS) is 20.2. The first kappa shape index (κ1) is 19.2. The second-order valence-electron chi connectivity index (χ2n) is 8.34. The van der Waals surface area contributed by atoms with Crippen molar-refractivity contribution in [2.45, 2.75) is 76.3 Å². The lowest BCUT2D eigenvalue weighted by atomic mass is 9.98. The van der Waals surface area contributed by atoms with Crippen LogP contribution in [0, 0.1) is 0 Å². The van der Waals surface area contributed by atoms with Crippen LogP contribution in [-0.4, -0.2) is 37.1 Å². The summed E-state index contributed by atoms with van der Waals surface area (Å²) in [6, 6.07) is 5.76. The van der Waals surface area contributed by atoms with E-state index in [1.54, 1.807) is 0 Å². The molecule has 1 aromatic carbocycles. The average molecular weight is 381 g/mol. The van der Waals surface area contributed by atoms with E-state index in [-0.39, 0.29) is 29.5 Å². The molecule has 1 heterocycles. The zero-order valence-electron chi connectivity index (χ0n) is 15.8. The minimum Gasteiger partial charge on any atom is -0.490 e. The number of carbonyl (C=O) groups excluding carboxylic acids is 1. The summed E-state index contributed by atoms with van der Waals surface area (Å²) in [5.74, 6) is 0.782. The molecular weight excluding hydrogens is 352 g/mol. The summed E-state index contributed by atoms with van der Waals surface area (Å²) in [5.41, 5.74) is 1.51. The van der Waals surface area contributed by atoms with E-state index in [0.717, 1.165) is 42.6 Å². The van der Waals surface area contributed by atoms with Gasteiger partial charge in [0.15, 0.2) is 9.84 Å². The number of carbonyl (C=O) groups is 1. The molecule has 1 aromatic rings. The minimum absolute atomic E-state index is 0.0484. The first-order valence-electron chi connectivity index (χ1n) is 9.34. The summed E-state index contributed by atoms with van der Waals surface area (Å²) in [6.07, 6.45) is 4.03. The first-order valence-corrected chi connectivity index (χ1v) is 11.1.